The SMILES string of the molecule is CCCN1CCCCCCN(C(=O)c2ccc(Cl)cc2)[C@@H]2CCCC[C@@H]2Oc2ccccc2C1=O. The minimum atomic E-state index is -0.142. The van der Waals surface area contributed by atoms with E-state index in [1.54, 1.807) is 12.1 Å². The second-order valence-electron chi connectivity index (χ2n) is 9.72. The molecule has 2 aromatic carbocycles. The van der Waals surface area contributed by atoms with Crippen LogP contribution in [0.3, 0.4) is 0 Å². The zero-order valence-corrected chi connectivity index (χ0v) is 21.5. The van der Waals surface area contributed by atoms with E-state index in [2.05, 4.69) is 6.92 Å². The van der Waals surface area contributed by atoms with Crippen LogP contribution in [0.15, 0.2) is 48.5 Å². The lowest BCUT2D eigenvalue weighted by atomic mass is 9.90. The Kier molecular flexibility index (Phi) is 9.08. The van der Waals surface area contributed by atoms with Crippen molar-refractivity contribution in [1.29, 1.82) is 0 Å². The van der Waals surface area contributed by atoms with E-state index in [0.29, 0.717) is 28.4 Å². The van der Waals surface area contributed by atoms with Gasteiger partial charge in [0.1, 0.15) is 11.9 Å². The number of ether oxygens (including phenoxy) is 1. The summed E-state index contributed by atoms with van der Waals surface area (Å²) in [5.41, 5.74) is 1.28. The summed E-state index contributed by atoms with van der Waals surface area (Å²) in [7, 11) is 0. The average Bonchev–Trinajstić information content (AvgIpc) is 2.88. The standard InChI is InChI=1S/C29H37ClN2O3/c1-2-19-31-20-9-3-4-10-21-32(28(33)22-15-17-23(30)18-16-22)25-12-6-8-14-27(25)35-26-13-7-5-11-24(26)29(31)34/h5,7,11,13,15-18,25,27H,2-4,6,8-10,12,14,19-21H2,1H3/t25-,27+/m1/s1. The van der Waals surface area contributed by atoms with Gasteiger partial charge < -0.3 is 14.5 Å². The third-order valence-electron chi connectivity index (χ3n) is 7.17. The van der Waals surface area contributed by atoms with Crippen LogP contribution in [0.5, 0.6) is 5.75 Å². The average molecular weight is 497 g/mol. The largest absolute Gasteiger partial charge is 0.487 e. The predicted octanol–water partition coefficient (Wildman–Crippen LogP) is 6.60. The van der Waals surface area contributed by atoms with E-state index in [1.807, 2.05) is 46.2 Å². The number of carbonyl (C=O) groups excluding carboxylic acids is 2. The molecule has 1 aliphatic carbocycles. The first-order valence-corrected chi connectivity index (χ1v) is 13.6. The molecule has 0 spiro atoms. The Morgan fingerprint density at radius 3 is 2.43 bits per heavy atom. The molecule has 1 saturated carbocycles. The van der Waals surface area contributed by atoms with Crippen LogP contribution in [-0.2, 0) is 0 Å². The molecule has 0 aromatic heterocycles. The summed E-state index contributed by atoms with van der Waals surface area (Å²) < 4.78 is 6.61. The highest BCUT2D eigenvalue weighted by molar-refractivity contribution is 6.30. The molecular weight excluding hydrogens is 460 g/mol. The minimum absolute atomic E-state index is 0.0234. The van der Waals surface area contributed by atoms with Gasteiger partial charge in [0, 0.05) is 30.2 Å². The number of fused-ring (bicyclic) bond motifs is 2. The van der Waals surface area contributed by atoms with Crippen molar-refractivity contribution in [2.24, 2.45) is 0 Å². The molecule has 188 valence electrons. The number of amides is 2. The first-order valence-electron chi connectivity index (χ1n) is 13.2. The van der Waals surface area contributed by atoms with Gasteiger partial charge in [-0.05, 0) is 74.9 Å². The third kappa shape index (κ3) is 6.38. The fourth-order valence-corrected chi connectivity index (χ4v) is 5.48. The molecule has 2 atom stereocenters. The van der Waals surface area contributed by atoms with Gasteiger partial charge in [0.2, 0.25) is 0 Å². The molecule has 1 heterocycles. The van der Waals surface area contributed by atoms with Crippen molar-refractivity contribution in [3.63, 3.8) is 0 Å². The number of para-hydroxylation sites is 1. The molecule has 1 fully saturated rings. The quantitative estimate of drug-likeness (QED) is 0.481. The van der Waals surface area contributed by atoms with Crippen molar-refractivity contribution in [3.8, 4) is 5.75 Å². The maximum atomic E-state index is 13.7. The highest BCUT2D eigenvalue weighted by atomic mass is 35.5. The number of benzene rings is 2. The van der Waals surface area contributed by atoms with Crippen LogP contribution in [0, 0.1) is 0 Å². The number of carbonyl (C=O) groups is 2. The van der Waals surface area contributed by atoms with Crippen molar-refractivity contribution in [1.82, 2.24) is 9.80 Å². The number of rotatable bonds is 3. The normalized spacial score (nSPS) is 21.9. The van der Waals surface area contributed by atoms with Gasteiger partial charge >= 0.3 is 0 Å². The molecule has 2 amide bonds. The maximum Gasteiger partial charge on any atom is 0.257 e. The lowest BCUT2D eigenvalue weighted by molar-refractivity contribution is 0.0267. The van der Waals surface area contributed by atoms with Crippen LogP contribution < -0.4 is 4.74 Å². The fourth-order valence-electron chi connectivity index (χ4n) is 5.35. The van der Waals surface area contributed by atoms with Gasteiger partial charge in [0.25, 0.3) is 11.8 Å². The van der Waals surface area contributed by atoms with E-state index in [-0.39, 0.29) is 24.0 Å². The lowest BCUT2D eigenvalue weighted by Crippen LogP contribution is -2.51. The molecule has 0 bridgehead atoms. The minimum Gasteiger partial charge on any atom is -0.487 e. The van der Waals surface area contributed by atoms with E-state index in [4.69, 9.17) is 16.3 Å². The van der Waals surface area contributed by atoms with Gasteiger partial charge in [0.15, 0.2) is 0 Å². The second kappa shape index (κ2) is 12.4. The Hall–Kier alpha value is -2.53. The molecule has 0 radical (unpaired) electrons. The summed E-state index contributed by atoms with van der Waals surface area (Å²) in [6, 6.07) is 14.8. The van der Waals surface area contributed by atoms with Gasteiger partial charge in [-0.1, -0.05) is 49.9 Å². The number of hydrogen-bond donors (Lipinski definition) is 0. The fraction of sp³-hybridized carbons (Fsp3) is 0.517. The molecular formula is C29H37ClN2O3. The smallest absolute Gasteiger partial charge is 0.257 e. The van der Waals surface area contributed by atoms with Crippen molar-refractivity contribution in [2.75, 3.05) is 19.6 Å². The van der Waals surface area contributed by atoms with Crippen LogP contribution in [0.1, 0.15) is 85.4 Å². The number of hydrogen-bond acceptors (Lipinski definition) is 3. The van der Waals surface area contributed by atoms with Gasteiger partial charge in [-0.3, -0.25) is 9.59 Å². The van der Waals surface area contributed by atoms with Crippen LogP contribution in [-0.4, -0.2) is 53.4 Å². The molecule has 0 N–H and O–H groups in total. The Balaban J connectivity index is 1.66. The van der Waals surface area contributed by atoms with E-state index in [9.17, 15) is 9.59 Å². The number of halogens is 1. The van der Waals surface area contributed by atoms with Crippen LogP contribution >= 0.6 is 11.6 Å². The molecule has 6 heteroatoms. The lowest BCUT2D eigenvalue weighted by Gasteiger charge is -2.40. The molecule has 0 saturated heterocycles. The van der Waals surface area contributed by atoms with Crippen molar-refractivity contribution >= 4 is 23.4 Å². The van der Waals surface area contributed by atoms with Crippen LogP contribution in [0.2, 0.25) is 5.02 Å². The van der Waals surface area contributed by atoms with Crippen LogP contribution in [0.4, 0.5) is 0 Å². The first-order chi connectivity index (χ1) is 17.1. The van der Waals surface area contributed by atoms with Gasteiger partial charge in [-0.25, -0.2) is 0 Å². The molecule has 5 nitrogen and oxygen atoms in total. The maximum absolute atomic E-state index is 13.7. The van der Waals surface area contributed by atoms with E-state index >= 15 is 0 Å². The Bertz CT molecular complexity index is 994. The van der Waals surface area contributed by atoms with E-state index < -0.39 is 0 Å². The van der Waals surface area contributed by atoms with E-state index in [1.165, 1.54) is 0 Å². The predicted molar refractivity (Wildman–Crippen MR) is 140 cm³/mol. The molecule has 4 rings (SSSR count). The second-order valence-corrected chi connectivity index (χ2v) is 10.2. The highest BCUT2D eigenvalue weighted by Gasteiger charge is 2.35. The third-order valence-corrected chi connectivity index (χ3v) is 7.43. The molecule has 2 aliphatic rings. The zero-order valence-electron chi connectivity index (χ0n) is 20.8. The topological polar surface area (TPSA) is 49.9 Å². The van der Waals surface area contributed by atoms with Gasteiger partial charge in [0.05, 0.1) is 11.6 Å². The monoisotopic (exact) mass is 496 g/mol. The van der Waals surface area contributed by atoms with Gasteiger partial charge in [-0.2, -0.15) is 0 Å². The summed E-state index contributed by atoms with van der Waals surface area (Å²) >= 11 is 6.08. The highest BCUT2D eigenvalue weighted by Crippen LogP contribution is 2.31. The van der Waals surface area contributed by atoms with Crippen LogP contribution in [0.25, 0.3) is 0 Å². The van der Waals surface area contributed by atoms with Crippen molar-refractivity contribution in [3.05, 3.63) is 64.7 Å². The van der Waals surface area contributed by atoms with Crippen molar-refractivity contribution < 1.29 is 14.3 Å². The zero-order chi connectivity index (χ0) is 24.6. The first kappa shape index (κ1) is 25.6. The molecule has 0 unspecified atom stereocenters. The molecule has 35 heavy (non-hydrogen) atoms. The summed E-state index contributed by atoms with van der Waals surface area (Å²) in [5, 5.41) is 0.625. The number of nitrogens with zero attached hydrogens (tertiary/aromatic N) is 2. The summed E-state index contributed by atoms with van der Waals surface area (Å²) in [6.07, 6.45) is 8.68. The summed E-state index contributed by atoms with van der Waals surface area (Å²) in [6.45, 7) is 4.33. The van der Waals surface area contributed by atoms with Crippen molar-refractivity contribution in [2.45, 2.75) is 76.9 Å². The Morgan fingerprint density at radius 2 is 1.66 bits per heavy atom. The molecule has 1 aliphatic heterocycles. The van der Waals surface area contributed by atoms with Gasteiger partial charge in [-0.15, -0.1) is 0 Å². The summed E-state index contributed by atoms with van der Waals surface area (Å²) in [4.78, 5) is 31.2. The van der Waals surface area contributed by atoms with E-state index in [0.717, 1.165) is 70.9 Å². The Labute approximate surface area is 214 Å². The Morgan fingerprint density at radius 1 is 0.943 bits per heavy atom. The summed E-state index contributed by atoms with van der Waals surface area (Å²) in [5.74, 6) is 0.708. The molecule has 2 aromatic rings.